The number of carbonyl (C=O) groups excluding carboxylic acids is 2. The molecule has 2 aromatic carbocycles. The number of aryl methyl sites for hydroxylation is 2. The van der Waals surface area contributed by atoms with Crippen molar-refractivity contribution in [1.29, 1.82) is 0 Å². The Bertz CT molecular complexity index is 785. The van der Waals surface area contributed by atoms with Gasteiger partial charge in [0, 0.05) is 25.1 Å². The van der Waals surface area contributed by atoms with Crippen molar-refractivity contribution >= 4 is 11.8 Å². The van der Waals surface area contributed by atoms with Gasteiger partial charge in [-0.05, 0) is 50.2 Å². The van der Waals surface area contributed by atoms with Crippen LogP contribution >= 0.6 is 0 Å². The lowest BCUT2D eigenvalue weighted by Crippen LogP contribution is -2.36. The lowest BCUT2D eigenvalue weighted by molar-refractivity contribution is -0.121. The molecular formula is C23H31N3O2. The highest BCUT2D eigenvalue weighted by molar-refractivity contribution is 5.95. The average molecular weight is 382 g/mol. The van der Waals surface area contributed by atoms with Crippen molar-refractivity contribution in [2.75, 3.05) is 27.2 Å². The van der Waals surface area contributed by atoms with E-state index in [-0.39, 0.29) is 24.3 Å². The first-order valence-electron chi connectivity index (χ1n) is 9.78. The van der Waals surface area contributed by atoms with Gasteiger partial charge >= 0.3 is 0 Å². The highest BCUT2D eigenvalue weighted by atomic mass is 16.2. The maximum Gasteiger partial charge on any atom is 0.251 e. The van der Waals surface area contributed by atoms with E-state index in [4.69, 9.17) is 0 Å². The Morgan fingerprint density at radius 2 is 1.68 bits per heavy atom. The van der Waals surface area contributed by atoms with Crippen LogP contribution in [0.3, 0.4) is 0 Å². The predicted octanol–water partition coefficient (Wildman–Crippen LogP) is 3.10. The van der Waals surface area contributed by atoms with Gasteiger partial charge in [0.25, 0.3) is 5.91 Å². The second-order valence-electron chi connectivity index (χ2n) is 7.20. The molecule has 0 aliphatic heterocycles. The summed E-state index contributed by atoms with van der Waals surface area (Å²) in [6.07, 6.45) is 1.27. The number of hydrogen-bond acceptors (Lipinski definition) is 3. The van der Waals surface area contributed by atoms with E-state index in [0.717, 1.165) is 12.0 Å². The maximum absolute atomic E-state index is 12.2. The van der Waals surface area contributed by atoms with Crippen LogP contribution in [0, 0.1) is 6.92 Å². The zero-order valence-corrected chi connectivity index (χ0v) is 17.3. The molecule has 2 amide bonds. The summed E-state index contributed by atoms with van der Waals surface area (Å²) in [6, 6.07) is 16.0. The second kappa shape index (κ2) is 10.6. The quantitative estimate of drug-likeness (QED) is 0.702. The molecule has 1 atom stereocenters. The van der Waals surface area contributed by atoms with Crippen LogP contribution in [-0.4, -0.2) is 43.9 Å². The SMILES string of the molecule is CCc1ccc(C(CNC(=O)CCNC(=O)c2ccccc2C)N(C)C)cc1. The van der Waals surface area contributed by atoms with Gasteiger partial charge in [0.1, 0.15) is 0 Å². The van der Waals surface area contributed by atoms with Crippen molar-refractivity contribution in [2.24, 2.45) is 0 Å². The molecule has 2 rings (SSSR count). The van der Waals surface area contributed by atoms with E-state index in [1.54, 1.807) is 6.07 Å². The molecule has 0 radical (unpaired) electrons. The molecule has 0 aromatic heterocycles. The summed E-state index contributed by atoms with van der Waals surface area (Å²) in [6.45, 7) is 4.88. The van der Waals surface area contributed by atoms with E-state index in [1.165, 1.54) is 11.1 Å². The van der Waals surface area contributed by atoms with E-state index in [1.807, 2.05) is 39.2 Å². The fourth-order valence-corrected chi connectivity index (χ4v) is 3.09. The summed E-state index contributed by atoms with van der Waals surface area (Å²) >= 11 is 0. The van der Waals surface area contributed by atoms with Crippen LogP contribution in [0.4, 0.5) is 0 Å². The number of nitrogens with one attached hydrogen (secondary N) is 2. The summed E-state index contributed by atoms with van der Waals surface area (Å²) in [5, 5.41) is 5.80. The first-order chi connectivity index (χ1) is 13.4. The van der Waals surface area contributed by atoms with Crippen molar-refractivity contribution < 1.29 is 9.59 Å². The first kappa shape index (κ1) is 21.6. The molecule has 1 unspecified atom stereocenters. The Hall–Kier alpha value is -2.66. The molecule has 28 heavy (non-hydrogen) atoms. The van der Waals surface area contributed by atoms with Gasteiger partial charge in [-0.1, -0.05) is 49.4 Å². The molecule has 5 nitrogen and oxygen atoms in total. The fraction of sp³-hybridized carbons (Fsp3) is 0.391. The van der Waals surface area contributed by atoms with Crippen LogP contribution < -0.4 is 10.6 Å². The third-order valence-electron chi connectivity index (χ3n) is 4.92. The molecule has 0 bridgehead atoms. The zero-order chi connectivity index (χ0) is 20.5. The van der Waals surface area contributed by atoms with Gasteiger partial charge in [-0.25, -0.2) is 0 Å². The fourth-order valence-electron chi connectivity index (χ4n) is 3.09. The minimum absolute atomic E-state index is 0.0675. The molecular weight excluding hydrogens is 350 g/mol. The summed E-state index contributed by atoms with van der Waals surface area (Å²) in [4.78, 5) is 26.5. The number of benzene rings is 2. The number of carbonyl (C=O) groups is 2. The minimum Gasteiger partial charge on any atom is -0.354 e. The molecule has 5 heteroatoms. The monoisotopic (exact) mass is 381 g/mol. The Morgan fingerprint density at radius 3 is 2.29 bits per heavy atom. The predicted molar refractivity (Wildman–Crippen MR) is 113 cm³/mol. The van der Waals surface area contributed by atoms with Gasteiger partial charge in [0.05, 0.1) is 6.04 Å². The largest absolute Gasteiger partial charge is 0.354 e. The smallest absolute Gasteiger partial charge is 0.251 e. The maximum atomic E-state index is 12.2. The molecule has 0 heterocycles. The van der Waals surface area contributed by atoms with Gasteiger partial charge in [0.15, 0.2) is 0 Å². The van der Waals surface area contributed by atoms with Crippen molar-refractivity contribution in [3.63, 3.8) is 0 Å². The highest BCUT2D eigenvalue weighted by Gasteiger charge is 2.15. The zero-order valence-electron chi connectivity index (χ0n) is 17.3. The number of rotatable bonds is 9. The van der Waals surface area contributed by atoms with Gasteiger partial charge in [0.2, 0.25) is 5.91 Å². The van der Waals surface area contributed by atoms with Crippen LogP contribution in [0.1, 0.15) is 46.4 Å². The van der Waals surface area contributed by atoms with Crippen molar-refractivity contribution in [1.82, 2.24) is 15.5 Å². The van der Waals surface area contributed by atoms with Crippen LogP contribution in [0.15, 0.2) is 48.5 Å². The lowest BCUT2D eigenvalue weighted by Gasteiger charge is -2.25. The van der Waals surface area contributed by atoms with E-state index >= 15 is 0 Å². The van der Waals surface area contributed by atoms with Crippen LogP contribution in [0.5, 0.6) is 0 Å². The van der Waals surface area contributed by atoms with Crippen LogP contribution in [0.2, 0.25) is 0 Å². The average Bonchev–Trinajstić information content (AvgIpc) is 2.68. The Kier molecular flexibility index (Phi) is 8.20. The Balaban J connectivity index is 1.81. The number of nitrogens with zero attached hydrogens (tertiary/aromatic N) is 1. The third kappa shape index (κ3) is 6.20. The number of amides is 2. The second-order valence-corrected chi connectivity index (χ2v) is 7.20. The Morgan fingerprint density at radius 1 is 1.00 bits per heavy atom. The van der Waals surface area contributed by atoms with Crippen LogP contribution in [0.25, 0.3) is 0 Å². The van der Waals surface area contributed by atoms with E-state index < -0.39 is 0 Å². The summed E-state index contributed by atoms with van der Waals surface area (Å²) < 4.78 is 0. The van der Waals surface area contributed by atoms with Crippen molar-refractivity contribution in [3.8, 4) is 0 Å². The third-order valence-corrected chi connectivity index (χ3v) is 4.92. The molecule has 0 aliphatic rings. The van der Waals surface area contributed by atoms with Crippen LogP contribution in [-0.2, 0) is 11.2 Å². The molecule has 150 valence electrons. The molecule has 0 spiro atoms. The molecule has 2 aromatic rings. The summed E-state index contributed by atoms with van der Waals surface area (Å²) in [7, 11) is 4.01. The minimum atomic E-state index is -0.145. The topological polar surface area (TPSA) is 61.4 Å². The lowest BCUT2D eigenvalue weighted by atomic mass is 10.0. The van der Waals surface area contributed by atoms with Gasteiger partial charge < -0.3 is 15.5 Å². The van der Waals surface area contributed by atoms with Gasteiger partial charge in [-0.3, -0.25) is 9.59 Å². The summed E-state index contributed by atoms with van der Waals surface area (Å²) in [5.41, 5.74) is 4.04. The standard InChI is InChI=1S/C23H31N3O2/c1-5-18-10-12-19(13-11-18)21(26(3)4)16-25-22(27)14-15-24-23(28)20-9-7-6-8-17(20)2/h6-13,21H,5,14-16H2,1-4H3,(H,24,28)(H,25,27). The normalized spacial score (nSPS) is 11.9. The van der Waals surface area contributed by atoms with Crippen molar-refractivity contribution in [2.45, 2.75) is 32.7 Å². The van der Waals surface area contributed by atoms with E-state index in [2.05, 4.69) is 46.7 Å². The van der Waals surface area contributed by atoms with E-state index in [9.17, 15) is 9.59 Å². The summed E-state index contributed by atoms with van der Waals surface area (Å²) in [5.74, 6) is -0.213. The molecule has 0 saturated heterocycles. The number of hydrogen-bond donors (Lipinski definition) is 2. The molecule has 0 aliphatic carbocycles. The number of likely N-dealkylation sites (N-methyl/N-ethyl adjacent to an activating group) is 1. The van der Waals surface area contributed by atoms with E-state index in [0.29, 0.717) is 18.7 Å². The van der Waals surface area contributed by atoms with Gasteiger partial charge in [-0.2, -0.15) is 0 Å². The highest BCUT2D eigenvalue weighted by Crippen LogP contribution is 2.18. The Labute approximate surface area is 168 Å². The van der Waals surface area contributed by atoms with Gasteiger partial charge in [-0.15, -0.1) is 0 Å². The molecule has 2 N–H and O–H groups in total. The van der Waals surface area contributed by atoms with Crippen molar-refractivity contribution in [3.05, 3.63) is 70.8 Å². The molecule has 0 fully saturated rings. The first-order valence-corrected chi connectivity index (χ1v) is 9.78. The molecule has 0 saturated carbocycles.